The summed E-state index contributed by atoms with van der Waals surface area (Å²) in [6.45, 7) is 2.06. The SMILES string of the molecule is CN=C(NCCCOc1ccc2ccccc2c1)NCc1ccnc(-n2ccnc2)c1. The van der Waals surface area contributed by atoms with Crippen LogP contribution in [-0.4, -0.2) is 40.7 Å². The van der Waals surface area contributed by atoms with Gasteiger partial charge in [-0.15, -0.1) is 0 Å². The summed E-state index contributed by atoms with van der Waals surface area (Å²) in [6, 6.07) is 18.5. The summed E-state index contributed by atoms with van der Waals surface area (Å²) >= 11 is 0. The Bertz CT molecular complexity index is 1140. The van der Waals surface area contributed by atoms with Gasteiger partial charge in [0.25, 0.3) is 0 Å². The van der Waals surface area contributed by atoms with Crippen molar-refractivity contribution in [2.75, 3.05) is 20.2 Å². The van der Waals surface area contributed by atoms with Crippen LogP contribution < -0.4 is 15.4 Å². The molecule has 4 rings (SSSR count). The number of fused-ring (bicyclic) bond motifs is 1. The Labute approximate surface area is 181 Å². The first-order chi connectivity index (χ1) is 15.3. The van der Waals surface area contributed by atoms with Gasteiger partial charge in [0, 0.05) is 38.7 Å². The Morgan fingerprint density at radius 3 is 2.77 bits per heavy atom. The van der Waals surface area contributed by atoms with Gasteiger partial charge in [-0.05, 0) is 47.0 Å². The largest absolute Gasteiger partial charge is 0.494 e. The molecule has 0 amide bonds. The lowest BCUT2D eigenvalue weighted by atomic mass is 10.1. The molecule has 0 atom stereocenters. The molecule has 7 nitrogen and oxygen atoms in total. The highest BCUT2D eigenvalue weighted by atomic mass is 16.5. The lowest BCUT2D eigenvalue weighted by molar-refractivity contribution is 0.311. The molecule has 4 aromatic rings. The Hall–Kier alpha value is -3.87. The molecule has 0 unspecified atom stereocenters. The highest BCUT2D eigenvalue weighted by molar-refractivity contribution is 5.83. The monoisotopic (exact) mass is 414 g/mol. The van der Waals surface area contributed by atoms with Crippen LogP contribution in [-0.2, 0) is 6.54 Å². The van der Waals surface area contributed by atoms with Crippen molar-refractivity contribution in [2.24, 2.45) is 4.99 Å². The third kappa shape index (κ3) is 5.60. The average Bonchev–Trinajstić information content (AvgIpc) is 3.36. The number of benzene rings is 2. The second-order valence-electron chi connectivity index (χ2n) is 7.06. The van der Waals surface area contributed by atoms with E-state index in [0.717, 1.165) is 36.1 Å². The van der Waals surface area contributed by atoms with Gasteiger partial charge in [0.2, 0.25) is 0 Å². The molecule has 0 aliphatic heterocycles. The fourth-order valence-electron chi connectivity index (χ4n) is 3.24. The van der Waals surface area contributed by atoms with Crippen LogP contribution in [0.3, 0.4) is 0 Å². The van der Waals surface area contributed by atoms with Crippen molar-refractivity contribution in [3.05, 3.63) is 85.1 Å². The van der Waals surface area contributed by atoms with E-state index in [1.165, 1.54) is 10.8 Å². The van der Waals surface area contributed by atoms with Crippen LogP contribution in [0.15, 0.2) is 84.5 Å². The van der Waals surface area contributed by atoms with Gasteiger partial charge >= 0.3 is 0 Å². The van der Waals surface area contributed by atoms with E-state index in [4.69, 9.17) is 4.74 Å². The standard InChI is InChI=1S/C24H26N6O/c1-25-24(29-17-19-9-11-27-23(15-19)30-13-12-26-18-30)28-10-4-14-31-22-8-7-20-5-2-3-6-21(20)16-22/h2-3,5-9,11-13,15-16,18H,4,10,14,17H2,1H3,(H2,25,28,29). The first-order valence-electron chi connectivity index (χ1n) is 10.3. The van der Waals surface area contributed by atoms with Crippen molar-refractivity contribution in [2.45, 2.75) is 13.0 Å². The number of rotatable bonds is 8. The van der Waals surface area contributed by atoms with E-state index in [9.17, 15) is 0 Å². The van der Waals surface area contributed by atoms with Crippen LogP contribution in [0.2, 0.25) is 0 Å². The van der Waals surface area contributed by atoms with Crippen LogP contribution in [0.25, 0.3) is 16.6 Å². The van der Waals surface area contributed by atoms with Gasteiger partial charge in [-0.2, -0.15) is 0 Å². The normalized spacial score (nSPS) is 11.5. The van der Waals surface area contributed by atoms with Crippen molar-refractivity contribution in [1.29, 1.82) is 0 Å². The number of pyridine rings is 1. The highest BCUT2D eigenvalue weighted by Crippen LogP contribution is 2.20. The Kier molecular flexibility index (Phi) is 6.74. The van der Waals surface area contributed by atoms with Crippen molar-refractivity contribution < 1.29 is 4.74 Å². The molecule has 0 aliphatic rings. The van der Waals surface area contributed by atoms with E-state index in [-0.39, 0.29) is 0 Å². The van der Waals surface area contributed by atoms with E-state index in [2.05, 4.69) is 49.9 Å². The van der Waals surface area contributed by atoms with Crippen molar-refractivity contribution in [1.82, 2.24) is 25.2 Å². The lowest BCUT2D eigenvalue weighted by Gasteiger charge is -2.13. The third-order valence-electron chi connectivity index (χ3n) is 4.87. The van der Waals surface area contributed by atoms with Crippen molar-refractivity contribution >= 4 is 16.7 Å². The minimum Gasteiger partial charge on any atom is -0.494 e. The molecule has 0 spiro atoms. The molecular weight excluding hydrogens is 388 g/mol. The molecule has 0 saturated carbocycles. The van der Waals surface area contributed by atoms with Gasteiger partial charge in [-0.25, -0.2) is 9.97 Å². The second-order valence-corrected chi connectivity index (χ2v) is 7.06. The molecule has 7 heteroatoms. The van der Waals surface area contributed by atoms with Gasteiger partial charge < -0.3 is 15.4 Å². The fourth-order valence-corrected chi connectivity index (χ4v) is 3.24. The van der Waals surface area contributed by atoms with Crippen LogP contribution in [0, 0.1) is 0 Å². The summed E-state index contributed by atoms with van der Waals surface area (Å²) in [4.78, 5) is 12.7. The zero-order valence-corrected chi connectivity index (χ0v) is 17.5. The number of nitrogens with one attached hydrogen (secondary N) is 2. The summed E-state index contributed by atoms with van der Waals surface area (Å²) < 4.78 is 7.77. The molecule has 158 valence electrons. The molecule has 0 bridgehead atoms. The summed E-state index contributed by atoms with van der Waals surface area (Å²) in [7, 11) is 1.77. The number of nitrogens with zero attached hydrogens (tertiary/aromatic N) is 4. The number of aromatic nitrogens is 3. The number of imidazole rings is 1. The molecule has 0 saturated heterocycles. The van der Waals surface area contributed by atoms with Crippen molar-refractivity contribution in [3.8, 4) is 11.6 Å². The van der Waals surface area contributed by atoms with Gasteiger partial charge in [0.05, 0.1) is 6.61 Å². The van der Waals surface area contributed by atoms with Crippen LogP contribution in [0.4, 0.5) is 0 Å². The molecular formula is C24H26N6O. The topological polar surface area (TPSA) is 76.4 Å². The molecule has 0 fully saturated rings. The number of aliphatic imine (C=N–C) groups is 1. The third-order valence-corrected chi connectivity index (χ3v) is 4.87. The summed E-state index contributed by atoms with van der Waals surface area (Å²) in [6.07, 6.45) is 8.02. The van der Waals surface area contributed by atoms with Gasteiger partial charge in [0.1, 0.15) is 17.9 Å². The smallest absolute Gasteiger partial charge is 0.191 e. The van der Waals surface area contributed by atoms with E-state index >= 15 is 0 Å². The molecule has 2 aromatic heterocycles. The predicted molar refractivity (Wildman–Crippen MR) is 124 cm³/mol. The zero-order chi connectivity index (χ0) is 21.3. The first kappa shape index (κ1) is 20.4. The quantitative estimate of drug-likeness (QED) is 0.262. The predicted octanol–water partition coefficient (Wildman–Crippen LogP) is 3.55. The fraction of sp³-hybridized carbons (Fsp3) is 0.208. The van der Waals surface area contributed by atoms with Crippen LogP contribution in [0.5, 0.6) is 5.75 Å². The molecule has 2 N–H and O–H groups in total. The maximum atomic E-state index is 5.89. The Morgan fingerprint density at radius 1 is 1.03 bits per heavy atom. The van der Waals surface area contributed by atoms with Gasteiger partial charge in [-0.1, -0.05) is 30.3 Å². The number of guanidine groups is 1. The van der Waals surface area contributed by atoms with E-state index in [1.807, 2.05) is 41.1 Å². The summed E-state index contributed by atoms with van der Waals surface area (Å²) in [5.41, 5.74) is 1.11. The van der Waals surface area contributed by atoms with Gasteiger partial charge in [-0.3, -0.25) is 9.56 Å². The maximum Gasteiger partial charge on any atom is 0.191 e. The van der Waals surface area contributed by atoms with E-state index in [1.54, 1.807) is 25.8 Å². The Balaban J connectivity index is 1.20. The van der Waals surface area contributed by atoms with E-state index in [0.29, 0.717) is 13.2 Å². The van der Waals surface area contributed by atoms with Crippen LogP contribution >= 0.6 is 0 Å². The summed E-state index contributed by atoms with van der Waals surface area (Å²) in [5.74, 6) is 2.49. The van der Waals surface area contributed by atoms with Crippen molar-refractivity contribution in [3.63, 3.8) is 0 Å². The highest BCUT2D eigenvalue weighted by Gasteiger charge is 2.02. The second kappa shape index (κ2) is 10.2. The molecule has 2 heterocycles. The first-order valence-corrected chi connectivity index (χ1v) is 10.3. The lowest BCUT2D eigenvalue weighted by Crippen LogP contribution is -2.37. The minimum atomic E-state index is 0.640. The maximum absolute atomic E-state index is 5.89. The Morgan fingerprint density at radius 2 is 1.94 bits per heavy atom. The minimum absolute atomic E-state index is 0.640. The average molecular weight is 415 g/mol. The zero-order valence-electron chi connectivity index (χ0n) is 17.5. The molecule has 2 aromatic carbocycles. The number of hydrogen-bond donors (Lipinski definition) is 2. The van der Waals surface area contributed by atoms with E-state index < -0.39 is 0 Å². The van der Waals surface area contributed by atoms with Gasteiger partial charge in [0.15, 0.2) is 5.96 Å². The number of ether oxygens (including phenoxy) is 1. The number of hydrogen-bond acceptors (Lipinski definition) is 4. The molecule has 0 radical (unpaired) electrons. The molecule has 31 heavy (non-hydrogen) atoms. The summed E-state index contributed by atoms with van der Waals surface area (Å²) in [5, 5.41) is 9.07. The molecule has 0 aliphatic carbocycles. The van der Waals surface area contributed by atoms with Crippen LogP contribution in [0.1, 0.15) is 12.0 Å².